The Morgan fingerprint density at radius 3 is 2.64 bits per heavy atom. The fraction of sp³-hybridized carbons (Fsp3) is 0.455. The highest BCUT2D eigenvalue weighted by molar-refractivity contribution is 6.32. The summed E-state index contributed by atoms with van der Waals surface area (Å²) in [5.74, 6) is 0.802. The van der Waals surface area contributed by atoms with Gasteiger partial charge < -0.3 is 9.64 Å². The Morgan fingerprint density at radius 1 is 1.36 bits per heavy atom. The molecule has 0 radical (unpaired) electrons. The summed E-state index contributed by atoms with van der Waals surface area (Å²) in [6, 6.07) is 5.77. The minimum atomic E-state index is 0.664. The van der Waals surface area contributed by atoms with Crippen LogP contribution in [0.1, 0.15) is 5.56 Å². The smallest absolute Gasteiger partial charge is 0.140 e. The summed E-state index contributed by atoms with van der Waals surface area (Å²) < 4.78 is 5.60. The van der Waals surface area contributed by atoms with Gasteiger partial charge in [-0.3, -0.25) is 0 Å². The Bertz CT molecular complexity index is 279. The number of para-hydroxylation sites is 1. The molecular weight excluding hydrogens is 198 g/mol. The van der Waals surface area contributed by atoms with E-state index in [2.05, 4.69) is 4.90 Å². The van der Waals surface area contributed by atoms with Crippen molar-refractivity contribution in [1.29, 1.82) is 0 Å². The first-order valence-electron chi connectivity index (χ1n) is 4.64. The van der Waals surface area contributed by atoms with Gasteiger partial charge in [0, 0.05) is 6.54 Å². The third kappa shape index (κ3) is 3.20. The van der Waals surface area contributed by atoms with Crippen molar-refractivity contribution in [2.24, 2.45) is 0 Å². The summed E-state index contributed by atoms with van der Waals surface area (Å²) in [5.41, 5.74) is 1.08. The molecule has 78 valence electrons. The van der Waals surface area contributed by atoms with Gasteiger partial charge in [0.25, 0.3) is 0 Å². The number of nitrogens with zero attached hydrogens (tertiary/aromatic N) is 1. The van der Waals surface area contributed by atoms with Crippen molar-refractivity contribution < 1.29 is 4.74 Å². The lowest BCUT2D eigenvalue weighted by molar-refractivity contribution is 0.260. The second-order valence-corrected chi connectivity index (χ2v) is 3.94. The van der Waals surface area contributed by atoms with Crippen LogP contribution in [0.3, 0.4) is 0 Å². The molecule has 0 heterocycles. The van der Waals surface area contributed by atoms with E-state index >= 15 is 0 Å². The molecule has 0 saturated carbocycles. The summed E-state index contributed by atoms with van der Waals surface area (Å²) in [4.78, 5) is 2.08. The van der Waals surface area contributed by atoms with E-state index in [1.165, 1.54) is 0 Å². The van der Waals surface area contributed by atoms with E-state index in [1.807, 2.05) is 39.2 Å². The first-order valence-corrected chi connectivity index (χ1v) is 5.01. The fourth-order valence-electron chi connectivity index (χ4n) is 1.13. The molecule has 14 heavy (non-hydrogen) atoms. The molecule has 0 N–H and O–H groups in total. The van der Waals surface area contributed by atoms with E-state index in [4.69, 9.17) is 16.3 Å². The molecule has 3 heteroatoms. The van der Waals surface area contributed by atoms with Gasteiger partial charge in [0.1, 0.15) is 12.4 Å². The van der Waals surface area contributed by atoms with Crippen molar-refractivity contribution >= 4 is 11.6 Å². The Morgan fingerprint density at radius 2 is 2.07 bits per heavy atom. The summed E-state index contributed by atoms with van der Waals surface area (Å²) in [6.45, 7) is 3.55. The number of ether oxygens (including phenoxy) is 1. The zero-order chi connectivity index (χ0) is 10.6. The van der Waals surface area contributed by atoms with Crippen LogP contribution in [0.2, 0.25) is 5.02 Å². The lowest BCUT2D eigenvalue weighted by atomic mass is 10.2. The topological polar surface area (TPSA) is 12.5 Å². The Labute approximate surface area is 90.4 Å². The zero-order valence-electron chi connectivity index (χ0n) is 8.88. The second kappa shape index (κ2) is 5.23. The molecule has 0 aliphatic carbocycles. The monoisotopic (exact) mass is 213 g/mol. The molecule has 2 nitrogen and oxygen atoms in total. The van der Waals surface area contributed by atoms with Crippen LogP contribution in [-0.4, -0.2) is 32.1 Å². The van der Waals surface area contributed by atoms with Crippen molar-refractivity contribution in [2.75, 3.05) is 27.2 Å². The summed E-state index contributed by atoms with van der Waals surface area (Å²) >= 11 is 6.01. The quantitative estimate of drug-likeness (QED) is 0.763. The Balaban J connectivity index is 2.58. The van der Waals surface area contributed by atoms with E-state index in [0.29, 0.717) is 11.6 Å². The van der Waals surface area contributed by atoms with Crippen LogP contribution in [0.4, 0.5) is 0 Å². The molecule has 0 aromatic heterocycles. The number of hydrogen-bond donors (Lipinski definition) is 0. The number of halogens is 1. The summed E-state index contributed by atoms with van der Waals surface area (Å²) in [5, 5.41) is 0.684. The van der Waals surface area contributed by atoms with E-state index in [0.717, 1.165) is 17.9 Å². The zero-order valence-corrected chi connectivity index (χ0v) is 9.64. The molecule has 0 bridgehead atoms. The molecule has 0 aliphatic rings. The molecule has 0 fully saturated rings. The molecular formula is C11H16ClNO. The van der Waals surface area contributed by atoms with Crippen LogP contribution in [0.5, 0.6) is 5.75 Å². The predicted molar refractivity (Wildman–Crippen MR) is 60.2 cm³/mol. The average molecular weight is 214 g/mol. The molecule has 1 aromatic rings. The third-order valence-corrected chi connectivity index (χ3v) is 2.25. The van der Waals surface area contributed by atoms with Crippen molar-refractivity contribution in [3.05, 3.63) is 28.8 Å². The fourth-order valence-corrected chi connectivity index (χ4v) is 1.41. The van der Waals surface area contributed by atoms with Crippen molar-refractivity contribution in [1.82, 2.24) is 4.90 Å². The van der Waals surface area contributed by atoms with Gasteiger partial charge >= 0.3 is 0 Å². The van der Waals surface area contributed by atoms with Gasteiger partial charge in [-0.15, -0.1) is 0 Å². The number of rotatable bonds is 4. The molecule has 0 amide bonds. The number of likely N-dealkylation sites (N-methyl/N-ethyl adjacent to an activating group) is 1. The molecule has 0 atom stereocenters. The molecule has 0 aliphatic heterocycles. The van der Waals surface area contributed by atoms with Crippen LogP contribution in [-0.2, 0) is 0 Å². The Kier molecular flexibility index (Phi) is 4.23. The molecule has 0 saturated heterocycles. The van der Waals surface area contributed by atoms with Crippen LogP contribution in [0.25, 0.3) is 0 Å². The van der Waals surface area contributed by atoms with Crippen molar-refractivity contribution in [3.63, 3.8) is 0 Å². The van der Waals surface area contributed by atoms with Gasteiger partial charge in [0.05, 0.1) is 5.02 Å². The highest BCUT2D eigenvalue weighted by Gasteiger charge is 2.04. The van der Waals surface area contributed by atoms with Crippen LogP contribution in [0.15, 0.2) is 18.2 Å². The maximum Gasteiger partial charge on any atom is 0.140 e. The lowest BCUT2D eigenvalue weighted by Gasteiger charge is -2.13. The maximum absolute atomic E-state index is 6.01. The van der Waals surface area contributed by atoms with Crippen molar-refractivity contribution in [3.8, 4) is 5.75 Å². The maximum atomic E-state index is 6.01. The van der Waals surface area contributed by atoms with Crippen LogP contribution in [0, 0.1) is 6.92 Å². The average Bonchev–Trinajstić information content (AvgIpc) is 2.09. The highest BCUT2D eigenvalue weighted by atomic mass is 35.5. The van der Waals surface area contributed by atoms with Crippen LogP contribution >= 0.6 is 11.6 Å². The van der Waals surface area contributed by atoms with Gasteiger partial charge in [-0.05, 0) is 32.6 Å². The van der Waals surface area contributed by atoms with Gasteiger partial charge in [-0.2, -0.15) is 0 Å². The second-order valence-electron chi connectivity index (χ2n) is 3.54. The highest BCUT2D eigenvalue weighted by Crippen LogP contribution is 2.27. The SMILES string of the molecule is Cc1cccc(Cl)c1OCCN(C)C. The van der Waals surface area contributed by atoms with Crippen molar-refractivity contribution in [2.45, 2.75) is 6.92 Å². The predicted octanol–water partition coefficient (Wildman–Crippen LogP) is 2.59. The number of hydrogen-bond acceptors (Lipinski definition) is 2. The number of benzene rings is 1. The third-order valence-electron chi connectivity index (χ3n) is 1.95. The van der Waals surface area contributed by atoms with E-state index in [9.17, 15) is 0 Å². The Hall–Kier alpha value is -0.730. The summed E-state index contributed by atoms with van der Waals surface area (Å²) in [7, 11) is 4.03. The van der Waals surface area contributed by atoms with Gasteiger partial charge in [-0.25, -0.2) is 0 Å². The lowest BCUT2D eigenvalue weighted by Crippen LogP contribution is -2.19. The van der Waals surface area contributed by atoms with Crippen LogP contribution < -0.4 is 4.74 Å². The van der Waals surface area contributed by atoms with E-state index in [1.54, 1.807) is 0 Å². The molecule has 0 unspecified atom stereocenters. The minimum absolute atomic E-state index is 0.664. The summed E-state index contributed by atoms with van der Waals surface area (Å²) in [6.07, 6.45) is 0. The standard InChI is InChI=1S/C11H16ClNO/c1-9-5-4-6-10(12)11(9)14-8-7-13(2)3/h4-6H,7-8H2,1-3H3. The largest absolute Gasteiger partial charge is 0.490 e. The van der Waals surface area contributed by atoms with E-state index < -0.39 is 0 Å². The first-order chi connectivity index (χ1) is 6.61. The van der Waals surface area contributed by atoms with Gasteiger partial charge in [0.15, 0.2) is 0 Å². The van der Waals surface area contributed by atoms with E-state index in [-0.39, 0.29) is 0 Å². The first kappa shape index (κ1) is 11.3. The van der Waals surface area contributed by atoms with Gasteiger partial charge in [-0.1, -0.05) is 23.7 Å². The number of aryl methyl sites for hydroxylation is 1. The molecule has 1 rings (SSSR count). The molecule has 1 aromatic carbocycles. The molecule has 0 spiro atoms. The minimum Gasteiger partial charge on any atom is -0.490 e. The van der Waals surface area contributed by atoms with Gasteiger partial charge in [0.2, 0.25) is 0 Å². The normalized spacial score (nSPS) is 10.6.